The summed E-state index contributed by atoms with van der Waals surface area (Å²) in [6.45, 7) is 3.54. The molecule has 7 N–H and O–H groups in total. The minimum Gasteiger partial charge on any atom is -0.457 e. The number of hydrogen-bond donors (Lipinski definition) is 7. The van der Waals surface area contributed by atoms with Gasteiger partial charge in [0.25, 0.3) is 0 Å². The molecule has 0 aromatic heterocycles. The molecule has 0 spiro atoms. The highest BCUT2D eigenvalue weighted by Gasteiger charge is 2.47. The van der Waals surface area contributed by atoms with E-state index in [2.05, 4.69) is 123 Å². The van der Waals surface area contributed by atoms with Crippen molar-refractivity contribution in [3.8, 4) is 0 Å². The molecule has 85 heavy (non-hydrogen) atoms. The SMILES string of the molecule is CC/C=C\C/C=C\C/C=C\C/C=C\C/C=C\C/C=C\CCCCCCCCCOCC(COC1OC(COC2OC(CO)C(O)C(O)C2O)C(O)C(O)C1O)OC(=O)CCCCCCCCCCCC/C=C\C/C=C\C/C=C\CCCCCCC. The third-order valence-electron chi connectivity index (χ3n) is 15.3. The van der Waals surface area contributed by atoms with E-state index in [-0.39, 0.29) is 25.6 Å². The van der Waals surface area contributed by atoms with Crippen LogP contribution >= 0.6 is 0 Å². The number of esters is 1. The fourth-order valence-electron chi connectivity index (χ4n) is 9.94. The van der Waals surface area contributed by atoms with Crippen LogP contribution in [0.25, 0.3) is 0 Å². The van der Waals surface area contributed by atoms with Crippen molar-refractivity contribution in [2.75, 3.05) is 33.0 Å². The fourth-order valence-corrected chi connectivity index (χ4v) is 9.94. The van der Waals surface area contributed by atoms with Gasteiger partial charge in [0, 0.05) is 13.0 Å². The molecule has 14 nitrogen and oxygen atoms in total. The van der Waals surface area contributed by atoms with Crippen LogP contribution in [0.4, 0.5) is 0 Å². The average Bonchev–Trinajstić information content (AvgIpc) is 2.82. The highest BCUT2D eigenvalue weighted by molar-refractivity contribution is 5.69. The van der Waals surface area contributed by atoms with Crippen molar-refractivity contribution in [3.05, 3.63) is 109 Å². The van der Waals surface area contributed by atoms with Crippen molar-refractivity contribution in [1.29, 1.82) is 0 Å². The van der Waals surface area contributed by atoms with E-state index in [0.29, 0.717) is 13.0 Å². The molecular formula is C71H120O14. The first-order valence-corrected chi connectivity index (χ1v) is 33.5. The Balaban J connectivity index is 1.68. The van der Waals surface area contributed by atoms with E-state index in [1.54, 1.807) is 0 Å². The summed E-state index contributed by atoms with van der Waals surface area (Å²) in [6.07, 6.45) is 61.4. The van der Waals surface area contributed by atoms with E-state index in [1.165, 1.54) is 96.3 Å². The summed E-state index contributed by atoms with van der Waals surface area (Å²) in [6, 6.07) is 0. The van der Waals surface area contributed by atoms with E-state index in [0.717, 1.165) is 109 Å². The van der Waals surface area contributed by atoms with E-state index >= 15 is 0 Å². The Morgan fingerprint density at radius 1 is 0.400 bits per heavy atom. The summed E-state index contributed by atoms with van der Waals surface area (Å²) in [7, 11) is 0. The van der Waals surface area contributed by atoms with Gasteiger partial charge in [-0.2, -0.15) is 0 Å². The molecular weight excluding hydrogens is 1080 g/mol. The van der Waals surface area contributed by atoms with Gasteiger partial charge in [0.05, 0.1) is 26.4 Å². The minimum atomic E-state index is -1.72. The monoisotopic (exact) mass is 1200 g/mol. The van der Waals surface area contributed by atoms with Crippen LogP contribution in [0.15, 0.2) is 109 Å². The van der Waals surface area contributed by atoms with Gasteiger partial charge in [-0.05, 0) is 103 Å². The van der Waals surface area contributed by atoms with Gasteiger partial charge in [-0.25, -0.2) is 0 Å². The molecule has 488 valence electrons. The minimum absolute atomic E-state index is 0.0456. The number of unbranched alkanes of at least 4 members (excludes halogenated alkanes) is 22. The van der Waals surface area contributed by atoms with Gasteiger partial charge in [0.15, 0.2) is 12.6 Å². The zero-order chi connectivity index (χ0) is 61.5. The lowest BCUT2D eigenvalue weighted by molar-refractivity contribution is -0.332. The highest BCUT2D eigenvalue weighted by Crippen LogP contribution is 2.27. The van der Waals surface area contributed by atoms with Gasteiger partial charge >= 0.3 is 5.97 Å². The molecule has 2 aliphatic heterocycles. The Morgan fingerprint density at radius 2 is 0.765 bits per heavy atom. The molecule has 2 rings (SSSR count). The number of ether oxygens (including phenoxy) is 6. The summed E-state index contributed by atoms with van der Waals surface area (Å²) in [4.78, 5) is 13.1. The standard InChI is InChI=1S/C71H120O14/c1-3-5-7-9-11-13-15-17-19-21-23-25-27-29-31-33-35-37-39-41-43-45-47-49-51-53-55-80-57-60(58-81-70-69(79)67(77)65(75)62(85-70)59-82-71-68(78)66(76)64(74)61(56-72)84-71)83-63(73)54-52-50-48-46-44-42-40-38-36-34-32-30-28-26-24-22-20-18-16-14-12-10-8-6-4-2/h5,7,11,13,16-19,22-25,28-31,35,37,60-62,64-72,74-79H,3-4,6,8-10,12,14-15,20-21,26-27,32-34,36,38-59H2,1-2H3/b7-5-,13-11-,18-16-,19-17-,24-22-,25-23-,30-28-,31-29-,37-35-. The van der Waals surface area contributed by atoms with Crippen LogP contribution in [0, 0.1) is 0 Å². The molecule has 2 fully saturated rings. The Bertz CT molecular complexity index is 1820. The van der Waals surface area contributed by atoms with Crippen molar-refractivity contribution in [2.24, 2.45) is 0 Å². The van der Waals surface area contributed by atoms with E-state index in [1.807, 2.05) is 0 Å². The van der Waals surface area contributed by atoms with Gasteiger partial charge in [0.1, 0.15) is 54.9 Å². The third kappa shape index (κ3) is 41.5. The Hall–Kier alpha value is -3.35. The molecule has 0 aromatic carbocycles. The molecule has 2 heterocycles. The summed E-state index contributed by atoms with van der Waals surface area (Å²) >= 11 is 0. The van der Waals surface area contributed by atoms with Gasteiger partial charge < -0.3 is 64.2 Å². The van der Waals surface area contributed by atoms with Crippen LogP contribution in [0.1, 0.15) is 232 Å². The predicted molar refractivity (Wildman–Crippen MR) is 344 cm³/mol. The predicted octanol–water partition coefficient (Wildman–Crippen LogP) is 13.9. The van der Waals surface area contributed by atoms with Gasteiger partial charge in [-0.1, -0.05) is 232 Å². The average molecular weight is 1200 g/mol. The first-order valence-electron chi connectivity index (χ1n) is 33.5. The zero-order valence-electron chi connectivity index (χ0n) is 52.8. The van der Waals surface area contributed by atoms with Crippen LogP contribution < -0.4 is 0 Å². The topological polar surface area (TPSA) is 214 Å². The van der Waals surface area contributed by atoms with Crippen molar-refractivity contribution in [3.63, 3.8) is 0 Å². The van der Waals surface area contributed by atoms with Crippen molar-refractivity contribution in [2.45, 2.75) is 300 Å². The normalized spacial score (nSPS) is 23.9. The van der Waals surface area contributed by atoms with Crippen molar-refractivity contribution >= 4 is 5.97 Å². The van der Waals surface area contributed by atoms with Crippen LogP contribution in [0.3, 0.4) is 0 Å². The molecule has 0 aromatic rings. The Kier molecular flexibility index (Phi) is 51.2. The fraction of sp³-hybridized carbons (Fsp3) is 0.732. The number of aliphatic hydroxyl groups excluding tert-OH is 7. The summed E-state index contributed by atoms with van der Waals surface area (Å²) in [5, 5.41) is 72.6. The van der Waals surface area contributed by atoms with Crippen LogP contribution in [-0.2, 0) is 33.2 Å². The second kappa shape index (κ2) is 55.9. The Morgan fingerprint density at radius 3 is 1.20 bits per heavy atom. The lowest BCUT2D eigenvalue weighted by Gasteiger charge is -2.42. The molecule has 14 heteroatoms. The van der Waals surface area contributed by atoms with E-state index < -0.39 is 80.7 Å². The molecule has 2 aliphatic rings. The molecule has 0 bridgehead atoms. The van der Waals surface area contributed by atoms with Gasteiger partial charge in [-0.3, -0.25) is 4.79 Å². The van der Waals surface area contributed by atoms with E-state index in [4.69, 9.17) is 28.4 Å². The van der Waals surface area contributed by atoms with E-state index in [9.17, 15) is 40.5 Å². The maximum atomic E-state index is 13.1. The molecule has 0 amide bonds. The summed E-state index contributed by atoms with van der Waals surface area (Å²) in [5.41, 5.74) is 0. The largest absolute Gasteiger partial charge is 0.457 e. The maximum absolute atomic E-state index is 13.1. The maximum Gasteiger partial charge on any atom is 0.306 e. The number of carbonyl (C=O) groups is 1. The summed E-state index contributed by atoms with van der Waals surface area (Å²) in [5.74, 6) is -0.387. The first kappa shape index (κ1) is 77.7. The number of allylic oxidation sites excluding steroid dienone is 18. The summed E-state index contributed by atoms with van der Waals surface area (Å²) < 4.78 is 34.5. The molecule has 2 saturated heterocycles. The van der Waals surface area contributed by atoms with Crippen LogP contribution in [-0.4, -0.2) is 142 Å². The Labute approximate surface area is 514 Å². The van der Waals surface area contributed by atoms with Crippen molar-refractivity contribution in [1.82, 2.24) is 0 Å². The molecule has 0 aliphatic carbocycles. The lowest BCUT2D eigenvalue weighted by Crippen LogP contribution is -2.61. The number of carbonyl (C=O) groups excluding carboxylic acids is 1. The molecule has 11 atom stereocenters. The second-order valence-corrected chi connectivity index (χ2v) is 22.9. The van der Waals surface area contributed by atoms with Crippen LogP contribution in [0.5, 0.6) is 0 Å². The molecule has 0 saturated carbocycles. The number of rotatable bonds is 54. The van der Waals surface area contributed by atoms with Gasteiger partial charge in [0.2, 0.25) is 0 Å². The smallest absolute Gasteiger partial charge is 0.306 e. The van der Waals surface area contributed by atoms with Crippen LogP contribution in [0.2, 0.25) is 0 Å². The lowest BCUT2D eigenvalue weighted by atomic mass is 9.98. The first-order chi connectivity index (χ1) is 41.6. The quantitative estimate of drug-likeness (QED) is 0.0171. The zero-order valence-corrected chi connectivity index (χ0v) is 52.8. The number of hydrogen-bond acceptors (Lipinski definition) is 14. The van der Waals surface area contributed by atoms with Gasteiger partial charge in [-0.15, -0.1) is 0 Å². The second-order valence-electron chi connectivity index (χ2n) is 22.9. The van der Waals surface area contributed by atoms with Crippen molar-refractivity contribution < 1.29 is 69.0 Å². The molecule has 0 radical (unpaired) electrons. The molecule has 11 unspecified atom stereocenters. The number of aliphatic hydroxyl groups is 7. The highest BCUT2D eigenvalue weighted by atomic mass is 16.7. The third-order valence-corrected chi connectivity index (χ3v) is 15.3.